The smallest absolute Gasteiger partial charge is 0.143 e. The van der Waals surface area contributed by atoms with Crippen LogP contribution in [0.2, 0.25) is 0 Å². The van der Waals surface area contributed by atoms with E-state index in [0.717, 1.165) is 61.3 Å². The number of hydrogen-bond acceptors (Lipinski definition) is 2. The van der Waals surface area contributed by atoms with Gasteiger partial charge in [-0.05, 0) is 99.3 Å². The van der Waals surface area contributed by atoms with Gasteiger partial charge < -0.3 is 13.9 Å². The monoisotopic (exact) mass is 854 g/mol. The Morgan fingerprint density at radius 2 is 0.806 bits per heavy atom. The van der Waals surface area contributed by atoms with Crippen LogP contribution in [0.5, 0.6) is 0 Å². The summed E-state index contributed by atoms with van der Waals surface area (Å²) in [6.45, 7) is 0. The van der Waals surface area contributed by atoms with E-state index in [4.69, 9.17) is 4.42 Å². The molecule has 0 N–H and O–H groups in total. The van der Waals surface area contributed by atoms with Gasteiger partial charge in [0.05, 0.1) is 22.4 Å². The summed E-state index contributed by atoms with van der Waals surface area (Å²) in [6.07, 6.45) is 0. The molecule has 0 spiro atoms. The first kappa shape index (κ1) is 38.5. The van der Waals surface area contributed by atoms with E-state index in [-0.39, 0.29) is 0 Å². The molecule has 0 atom stereocenters. The van der Waals surface area contributed by atoms with Crippen molar-refractivity contribution in [2.75, 3.05) is 4.90 Å². The highest BCUT2D eigenvalue weighted by Gasteiger charge is 2.21. The third kappa shape index (κ3) is 6.59. The summed E-state index contributed by atoms with van der Waals surface area (Å²) in [7, 11) is 0. The largest absolute Gasteiger partial charge is 0.455 e. The van der Waals surface area contributed by atoms with Crippen LogP contribution in [0.3, 0.4) is 0 Å². The molecule has 0 unspecified atom stereocenters. The van der Waals surface area contributed by atoms with Gasteiger partial charge in [-0.25, -0.2) is 0 Å². The molecule has 2 aromatic heterocycles. The summed E-state index contributed by atoms with van der Waals surface area (Å²) in [6, 6.07) is 91.8. The van der Waals surface area contributed by atoms with Gasteiger partial charge in [-0.1, -0.05) is 194 Å². The number of aromatic nitrogens is 1. The van der Waals surface area contributed by atoms with Crippen molar-refractivity contribution in [2.24, 2.45) is 0 Å². The van der Waals surface area contributed by atoms with E-state index < -0.39 is 0 Å². The highest BCUT2D eigenvalue weighted by atomic mass is 16.3. The molecule has 3 nitrogen and oxygen atoms in total. The molecular weight excluding hydrogens is 813 g/mol. The number of nitrogens with zero attached hydrogens (tertiary/aromatic N) is 2. The average Bonchev–Trinajstić information content (AvgIpc) is 3.95. The van der Waals surface area contributed by atoms with Crippen LogP contribution in [0.15, 0.2) is 259 Å². The van der Waals surface area contributed by atoms with Crippen molar-refractivity contribution in [1.29, 1.82) is 0 Å². The van der Waals surface area contributed by atoms with Gasteiger partial charge in [-0.3, -0.25) is 0 Å². The second-order valence-electron chi connectivity index (χ2n) is 17.3. The molecule has 2 heterocycles. The molecule has 0 fully saturated rings. The van der Waals surface area contributed by atoms with Crippen LogP contribution in [0.25, 0.3) is 105 Å². The maximum Gasteiger partial charge on any atom is 0.143 e. The van der Waals surface area contributed by atoms with Gasteiger partial charge in [-0.2, -0.15) is 0 Å². The molecule has 314 valence electrons. The molecule has 13 aromatic rings. The molecule has 0 amide bonds. The number of para-hydroxylation sites is 6. The topological polar surface area (TPSA) is 21.3 Å². The summed E-state index contributed by atoms with van der Waals surface area (Å²) in [4.78, 5) is 2.37. The van der Waals surface area contributed by atoms with Crippen LogP contribution < -0.4 is 4.90 Å². The van der Waals surface area contributed by atoms with Gasteiger partial charge in [0, 0.05) is 49.6 Å². The molecule has 13 rings (SSSR count). The Kier molecular flexibility index (Phi) is 9.17. The zero-order chi connectivity index (χ0) is 44.3. The fourth-order valence-electron chi connectivity index (χ4n) is 10.2. The van der Waals surface area contributed by atoms with E-state index in [1.165, 1.54) is 60.5 Å². The molecule has 0 aliphatic carbocycles. The van der Waals surface area contributed by atoms with Crippen LogP contribution in [0, 0.1) is 0 Å². The normalized spacial score (nSPS) is 11.6. The predicted molar refractivity (Wildman–Crippen MR) is 282 cm³/mol. The zero-order valence-corrected chi connectivity index (χ0v) is 36.6. The Hall–Kier alpha value is -8.92. The van der Waals surface area contributed by atoms with Gasteiger partial charge in [0.1, 0.15) is 11.2 Å². The minimum atomic E-state index is 0.888. The Morgan fingerprint density at radius 3 is 1.52 bits per heavy atom. The van der Waals surface area contributed by atoms with E-state index in [2.05, 4.69) is 258 Å². The molecule has 0 radical (unpaired) electrons. The van der Waals surface area contributed by atoms with Crippen LogP contribution in [-0.2, 0) is 0 Å². The highest BCUT2D eigenvalue weighted by Crippen LogP contribution is 2.45. The van der Waals surface area contributed by atoms with Crippen molar-refractivity contribution in [1.82, 2.24) is 4.57 Å². The van der Waals surface area contributed by atoms with E-state index in [0.29, 0.717) is 0 Å². The minimum Gasteiger partial charge on any atom is -0.455 e. The van der Waals surface area contributed by atoms with Gasteiger partial charge in [0.15, 0.2) is 0 Å². The summed E-state index contributed by atoms with van der Waals surface area (Å²) in [5.41, 5.74) is 17.7. The van der Waals surface area contributed by atoms with Crippen molar-refractivity contribution < 1.29 is 4.42 Å². The summed E-state index contributed by atoms with van der Waals surface area (Å²) < 4.78 is 9.03. The number of benzene rings is 11. The van der Waals surface area contributed by atoms with Gasteiger partial charge >= 0.3 is 0 Å². The van der Waals surface area contributed by atoms with E-state index in [1.807, 2.05) is 6.07 Å². The first-order valence-corrected chi connectivity index (χ1v) is 22.9. The predicted octanol–water partition coefficient (Wildman–Crippen LogP) is 18.0. The lowest BCUT2D eigenvalue weighted by molar-refractivity contribution is 0.670. The molecule has 67 heavy (non-hydrogen) atoms. The fraction of sp³-hybridized carbons (Fsp3) is 0. The zero-order valence-electron chi connectivity index (χ0n) is 36.6. The van der Waals surface area contributed by atoms with Crippen LogP contribution in [0.1, 0.15) is 0 Å². The van der Waals surface area contributed by atoms with E-state index in [9.17, 15) is 0 Å². The maximum atomic E-state index is 6.62. The lowest BCUT2D eigenvalue weighted by Crippen LogP contribution is -2.11. The lowest BCUT2D eigenvalue weighted by atomic mass is 9.97. The second-order valence-corrected chi connectivity index (χ2v) is 17.3. The third-order valence-corrected chi connectivity index (χ3v) is 13.4. The van der Waals surface area contributed by atoms with Crippen molar-refractivity contribution in [3.8, 4) is 50.2 Å². The summed E-state index contributed by atoms with van der Waals surface area (Å²) in [5.74, 6) is 0. The quantitative estimate of drug-likeness (QED) is 0.152. The van der Waals surface area contributed by atoms with Crippen molar-refractivity contribution in [2.45, 2.75) is 0 Å². The SMILES string of the molecule is c1ccc(N(c2ccc(-c3ccc(-c4ccccc4-n4c5ccccc5c5ccccc54)cc3)cc2)c2ccc(-c3ccc4ccccc4c3)cc2)c(-c2cccc3c2oc2ccccc23)c1. The Bertz CT molecular complexity index is 3920. The van der Waals surface area contributed by atoms with Crippen LogP contribution >= 0.6 is 0 Å². The molecule has 3 heteroatoms. The van der Waals surface area contributed by atoms with E-state index in [1.54, 1.807) is 0 Å². The van der Waals surface area contributed by atoms with Gasteiger partial charge in [0.2, 0.25) is 0 Å². The fourth-order valence-corrected chi connectivity index (χ4v) is 10.2. The third-order valence-electron chi connectivity index (χ3n) is 13.4. The number of anilines is 3. The molecule has 0 saturated carbocycles. The maximum absolute atomic E-state index is 6.62. The van der Waals surface area contributed by atoms with Gasteiger partial charge in [-0.15, -0.1) is 0 Å². The summed E-state index contributed by atoms with van der Waals surface area (Å²) in [5, 5.41) is 7.23. The lowest BCUT2D eigenvalue weighted by Gasteiger charge is -2.28. The molecule has 0 saturated heterocycles. The number of fused-ring (bicyclic) bond motifs is 7. The number of furan rings is 1. The van der Waals surface area contributed by atoms with Crippen LogP contribution in [0.4, 0.5) is 17.1 Å². The molecule has 11 aromatic carbocycles. The highest BCUT2D eigenvalue weighted by molar-refractivity contribution is 6.11. The standard InChI is InChI=1S/C64H42N2O/c1-2-15-48-42-49(33-30-43(48)14-1)46-36-40-51(41-37-46)65(60-24-9-6-19-55(60)57-21-13-22-58-56-20-7-12-27-63(56)67-64(57)58)50-38-34-45(35-39-50)44-28-31-47(32-29-44)52-16-3-8-23-59(52)66-61-25-10-4-17-53(61)54-18-5-11-26-62(54)66/h1-42H. The summed E-state index contributed by atoms with van der Waals surface area (Å²) >= 11 is 0. The first-order chi connectivity index (χ1) is 33.2. The number of rotatable bonds is 8. The van der Waals surface area contributed by atoms with Crippen LogP contribution in [-0.4, -0.2) is 4.57 Å². The molecule has 0 aliphatic rings. The Morgan fingerprint density at radius 1 is 0.313 bits per heavy atom. The minimum absolute atomic E-state index is 0.888. The van der Waals surface area contributed by atoms with Crippen molar-refractivity contribution in [3.05, 3.63) is 255 Å². The molecule has 0 aliphatic heterocycles. The molecule has 0 bridgehead atoms. The van der Waals surface area contributed by atoms with Crippen molar-refractivity contribution in [3.63, 3.8) is 0 Å². The Labute approximate surface area is 388 Å². The van der Waals surface area contributed by atoms with Crippen molar-refractivity contribution >= 4 is 71.6 Å². The molecular formula is C64H42N2O. The second kappa shape index (κ2) is 16.0. The first-order valence-electron chi connectivity index (χ1n) is 22.9. The number of hydrogen-bond donors (Lipinski definition) is 0. The Balaban J connectivity index is 0.887. The average molecular weight is 855 g/mol. The van der Waals surface area contributed by atoms with E-state index >= 15 is 0 Å². The van der Waals surface area contributed by atoms with Gasteiger partial charge in [0.25, 0.3) is 0 Å².